The minimum Gasteiger partial charge on any atom is -0.348 e. The normalized spacial score (nSPS) is 13.0. The van der Waals surface area contributed by atoms with Gasteiger partial charge in [0.1, 0.15) is 6.04 Å². The van der Waals surface area contributed by atoms with Gasteiger partial charge in [-0.2, -0.15) is 0 Å². The van der Waals surface area contributed by atoms with Crippen LogP contribution in [0.3, 0.4) is 0 Å². The fraction of sp³-hybridized carbons (Fsp3) is 0.579. The Hall–Kier alpha value is -2.04. The Morgan fingerprint density at radius 3 is 2.46 bits per heavy atom. The van der Waals surface area contributed by atoms with Crippen molar-refractivity contribution < 1.29 is 9.59 Å². The summed E-state index contributed by atoms with van der Waals surface area (Å²) >= 11 is 0. The Balaban J connectivity index is 2.78. The second kappa shape index (κ2) is 9.96. The van der Waals surface area contributed by atoms with Crippen LogP contribution in [0.2, 0.25) is 0 Å². The van der Waals surface area contributed by atoms with Crippen LogP contribution < -0.4 is 16.0 Å². The number of nitrogens with one attached hydrogen (secondary N) is 3. The maximum Gasteiger partial charge on any atom is 0.315 e. The molecule has 134 valence electrons. The first-order valence-electron chi connectivity index (χ1n) is 8.80. The molecule has 3 amide bonds. The van der Waals surface area contributed by atoms with E-state index < -0.39 is 6.04 Å². The fourth-order valence-corrected chi connectivity index (χ4v) is 2.67. The highest BCUT2D eigenvalue weighted by Gasteiger charge is 2.22. The summed E-state index contributed by atoms with van der Waals surface area (Å²) in [6.45, 7) is 10.5. The minimum absolute atomic E-state index is 0.0995. The van der Waals surface area contributed by atoms with Crippen LogP contribution in [0.4, 0.5) is 4.79 Å². The largest absolute Gasteiger partial charge is 0.348 e. The van der Waals surface area contributed by atoms with Crippen molar-refractivity contribution >= 4 is 11.9 Å². The number of hydrogen-bond donors (Lipinski definition) is 3. The number of amides is 3. The highest BCUT2D eigenvalue weighted by atomic mass is 16.2. The molecule has 24 heavy (non-hydrogen) atoms. The van der Waals surface area contributed by atoms with E-state index in [1.807, 2.05) is 27.7 Å². The zero-order valence-electron chi connectivity index (χ0n) is 15.5. The second-order valence-electron chi connectivity index (χ2n) is 6.29. The van der Waals surface area contributed by atoms with E-state index in [1.54, 1.807) is 0 Å². The third-order valence-corrected chi connectivity index (χ3v) is 4.07. The molecule has 0 aromatic heterocycles. The predicted molar refractivity (Wildman–Crippen MR) is 98.0 cm³/mol. The first-order valence-corrected chi connectivity index (χ1v) is 8.80. The molecule has 0 saturated heterocycles. The van der Waals surface area contributed by atoms with Gasteiger partial charge in [-0.25, -0.2) is 4.79 Å². The van der Waals surface area contributed by atoms with E-state index in [1.165, 1.54) is 5.56 Å². The minimum atomic E-state index is -0.510. The van der Waals surface area contributed by atoms with Crippen molar-refractivity contribution in [2.24, 2.45) is 0 Å². The van der Waals surface area contributed by atoms with Gasteiger partial charge in [0.2, 0.25) is 5.91 Å². The topological polar surface area (TPSA) is 70.2 Å². The van der Waals surface area contributed by atoms with Crippen molar-refractivity contribution in [1.29, 1.82) is 0 Å². The smallest absolute Gasteiger partial charge is 0.315 e. The Kier molecular flexibility index (Phi) is 8.30. The summed E-state index contributed by atoms with van der Waals surface area (Å²) in [6.07, 6.45) is 2.51. The molecular formula is C19H31N3O2. The number of urea groups is 1. The second-order valence-corrected chi connectivity index (χ2v) is 6.29. The molecule has 0 heterocycles. The van der Waals surface area contributed by atoms with Crippen molar-refractivity contribution in [2.75, 3.05) is 6.54 Å². The highest BCUT2D eigenvalue weighted by molar-refractivity contribution is 5.87. The van der Waals surface area contributed by atoms with Crippen molar-refractivity contribution in [3.05, 3.63) is 34.9 Å². The van der Waals surface area contributed by atoms with Crippen LogP contribution in [0, 0.1) is 13.8 Å². The standard InChI is InChI=1S/C19H31N3O2/c1-6-8-9-17(22-19(24)20-7-2)18(23)21-15(5)16-12-13(3)10-11-14(16)4/h10-12,15,17H,6-9H2,1-5H3,(H,21,23)(H2,20,22,24)/t15-,17+/m1/s1. The van der Waals surface area contributed by atoms with Crippen LogP contribution in [-0.4, -0.2) is 24.5 Å². The van der Waals surface area contributed by atoms with E-state index in [4.69, 9.17) is 0 Å². The molecule has 0 aliphatic carbocycles. The lowest BCUT2D eigenvalue weighted by Gasteiger charge is -2.23. The molecule has 0 radical (unpaired) electrons. The monoisotopic (exact) mass is 333 g/mol. The summed E-state index contributed by atoms with van der Waals surface area (Å²) in [5, 5.41) is 8.49. The average molecular weight is 333 g/mol. The molecular weight excluding hydrogens is 302 g/mol. The van der Waals surface area contributed by atoms with Crippen molar-refractivity contribution in [1.82, 2.24) is 16.0 Å². The van der Waals surface area contributed by atoms with Crippen LogP contribution in [0.15, 0.2) is 18.2 Å². The molecule has 1 rings (SSSR count). The molecule has 0 aliphatic heterocycles. The van der Waals surface area contributed by atoms with Gasteiger partial charge in [0.15, 0.2) is 0 Å². The molecule has 0 spiro atoms. The number of unbranched alkanes of at least 4 members (excludes halogenated alkanes) is 1. The molecule has 5 heteroatoms. The van der Waals surface area contributed by atoms with Crippen LogP contribution in [0.25, 0.3) is 0 Å². The van der Waals surface area contributed by atoms with E-state index in [9.17, 15) is 9.59 Å². The van der Waals surface area contributed by atoms with Gasteiger partial charge >= 0.3 is 6.03 Å². The lowest BCUT2D eigenvalue weighted by molar-refractivity contribution is -0.123. The zero-order valence-corrected chi connectivity index (χ0v) is 15.5. The third-order valence-electron chi connectivity index (χ3n) is 4.07. The summed E-state index contributed by atoms with van der Waals surface area (Å²) in [6, 6.07) is 5.32. The lowest BCUT2D eigenvalue weighted by Crippen LogP contribution is -2.50. The van der Waals surface area contributed by atoms with E-state index in [0.29, 0.717) is 13.0 Å². The number of hydrogen-bond acceptors (Lipinski definition) is 2. The molecule has 0 unspecified atom stereocenters. The maximum atomic E-state index is 12.6. The molecule has 1 aromatic carbocycles. The summed E-state index contributed by atoms with van der Waals surface area (Å²) in [5.74, 6) is -0.136. The molecule has 3 N–H and O–H groups in total. The molecule has 1 aromatic rings. The SMILES string of the molecule is CCCC[C@H](NC(=O)NCC)C(=O)N[C@H](C)c1cc(C)ccc1C. The van der Waals surface area contributed by atoms with E-state index in [0.717, 1.165) is 24.0 Å². The van der Waals surface area contributed by atoms with E-state index >= 15 is 0 Å². The Labute approximate surface area is 145 Å². The predicted octanol–water partition coefficient (Wildman–Crippen LogP) is 3.36. The highest BCUT2D eigenvalue weighted by Crippen LogP contribution is 2.19. The van der Waals surface area contributed by atoms with Gasteiger partial charge in [-0.05, 0) is 45.2 Å². The molecule has 0 bridgehead atoms. The van der Waals surface area contributed by atoms with Gasteiger partial charge in [-0.15, -0.1) is 0 Å². The first kappa shape index (κ1) is 20.0. The number of carbonyl (C=O) groups excluding carboxylic acids is 2. The van der Waals surface area contributed by atoms with Gasteiger partial charge in [-0.1, -0.05) is 43.5 Å². The van der Waals surface area contributed by atoms with Gasteiger partial charge in [0.25, 0.3) is 0 Å². The first-order chi connectivity index (χ1) is 11.4. The number of benzene rings is 1. The third kappa shape index (κ3) is 6.22. The van der Waals surface area contributed by atoms with Gasteiger partial charge in [0, 0.05) is 6.54 Å². The molecule has 5 nitrogen and oxygen atoms in total. The van der Waals surface area contributed by atoms with Crippen LogP contribution in [-0.2, 0) is 4.79 Å². The Morgan fingerprint density at radius 2 is 1.83 bits per heavy atom. The van der Waals surface area contributed by atoms with Gasteiger partial charge < -0.3 is 16.0 Å². The number of aryl methyl sites for hydroxylation is 2. The summed E-state index contributed by atoms with van der Waals surface area (Å²) in [4.78, 5) is 24.4. The van der Waals surface area contributed by atoms with Crippen molar-refractivity contribution in [3.63, 3.8) is 0 Å². The van der Waals surface area contributed by atoms with E-state index in [-0.39, 0.29) is 18.0 Å². The van der Waals surface area contributed by atoms with Crippen LogP contribution in [0.1, 0.15) is 62.8 Å². The van der Waals surface area contributed by atoms with Crippen LogP contribution in [0.5, 0.6) is 0 Å². The summed E-state index contributed by atoms with van der Waals surface area (Å²) in [7, 11) is 0. The molecule has 2 atom stereocenters. The molecule has 0 saturated carbocycles. The number of carbonyl (C=O) groups is 2. The van der Waals surface area contributed by atoms with Crippen LogP contribution >= 0.6 is 0 Å². The van der Waals surface area contributed by atoms with Gasteiger partial charge in [0.05, 0.1) is 6.04 Å². The quantitative estimate of drug-likeness (QED) is 0.683. The number of rotatable bonds is 8. The zero-order chi connectivity index (χ0) is 18.1. The average Bonchev–Trinajstić information content (AvgIpc) is 2.53. The lowest BCUT2D eigenvalue weighted by atomic mass is 9.99. The Bertz CT molecular complexity index is 558. The Morgan fingerprint density at radius 1 is 1.12 bits per heavy atom. The van der Waals surface area contributed by atoms with Gasteiger partial charge in [-0.3, -0.25) is 4.79 Å². The van der Waals surface area contributed by atoms with Crippen molar-refractivity contribution in [3.8, 4) is 0 Å². The van der Waals surface area contributed by atoms with E-state index in [2.05, 4.69) is 41.1 Å². The molecule has 0 fully saturated rings. The molecule has 0 aliphatic rings. The maximum absolute atomic E-state index is 12.6. The summed E-state index contributed by atoms with van der Waals surface area (Å²) < 4.78 is 0. The fourth-order valence-electron chi connectivity index (χ4n) is 2.67. The summed E-state index contributed by atoms with van der Waals surface area (Å²) in [5.41, 5.74) is 3.42. The van der Waals surface area contributed by atoms with Crippen molar-refractivity contribution in [2.45, 2.75) is 66.0 Å².